The molecule has 1 aliphatic carbocycles. The van der Waals surface area contributed by atoms with Crippen LogP contribution in [0.2, 0.25) is 0 Å². The highest BCUT2D eigenvalue weighted by molar-refractivity contribution is 5.98. The minimum atomic E-state index is -0.303. The Morgan fingerprint density at radius 1 is 1.10 bits per heavy atom. The van der Waals surface area contributed by atoms with Crippen LogP contribution in [-0.2, 0) is 12.8 Å². The van der Waals surface area contributed by atoms with E-state index >= 15 is 0 Å². The molecule has 0 saturated carbocycles. The summed E-state index contributed by atoms with van der Waals surface area (Å²) in [5, 5.41) is 0. The summed E-state index contributed by atoms with van der Waals surface area (Å²) in [7, 11) is 0. The van der Waals surface area contributed by atoms with Gasteiger partial charge in [0.05, 0.1) is 0 Å². The number of aryl methyl sites for hydroxylation is 1. The van der Waals surface area contributed by atoms with Gasteiger partial charge < -0.3 is 4.98 Å². The third kappa shape index (κ3) is 2.41. The molecule has 0 radical (unpaired) electrons. The lowest BCUT2D eigenvalue weighted by atomic mass is 9.92. The molecule has 1 aromatic heterocycles. The van der Waals surface area contributed by atoms with E-state index in [9.17, 15) is 14.0 Å². The van der Waals surface area contributed by atoms with Gasteiger partial charge in [0.1, 0.15) is 5.82 Å². The average molecular weight is 271 g/mol. The van der Waals surface area contributed by atoms with Gasteiger partial charge in [-0.2, -0.15) is 0 Å². The number of hydrogen-bond acceptors (Lipinski definition) is 2. The van der Waals surface area contributed by atoms with Crippen LogP contribution in [0.15, 0.2) is 35.1 Å². The normalized spacial score (nSPS) is 14.2. The van der Waals surface area contributed by atoms with E-state index in [4.69, 9.17) is 0 Å². The van der Waals surface area contributed by atoms with Crippen molar-refractivity contribution in [3.05, 3.63) is 68.9 Å². The fraction of sp³-hybridized carbons (Fsp3) is 0.250. The lowest BCUT2D eigenvalue weighted by Crippen LogP contribution is -2.22. The number of halogens is 1. The van der Waals surface area contributed by atoms with Crippen molar-refractivity contribution in [1.29, 1.82) is 0 Å². The van der Waals surface area contributed by atoms with Gasteiger partial charge in [-0.25, -0.2) is 4.39 Å². The molecular formula is C16H14FNO2. The zero-order valence-electron chi connectivity index (χ0n) is 10.9. The number of carbonyl (C=O) groups excluding carboxylic acids is 1. The summed E-state index contributed by atoms with van der Waals surface area (Å²) in [6.45, 7) is 0. The van der Waals surface area contributed by atoms with E-state index in [2.05, 4.69) is 4.98 Å². The zero-order valence-corrected chi connectivity index (χ0v) is 10.9. The van der Waals surface area contributed by atoms with Crippen molar-refractivity contribution in [2.24, 2.45) is 0 Å². The van der Waals surface area contributed by atoms with E-state index in [1.165, 1.54) is 12.1 Å². The third-order valence-electron chi connectivity index (χ3n) is 3.64. The number of ketones is 1. The van der Waals surface area contributed by atoms with Crippen molar-refractivity contribution in [1.82, 2.24) is 4.98 Å². The zero-order chi connectivity index (χ0) is 14.1. The van der Waals surface area contributed by atoms with E-state index in [1.807, 2.05) is 0 Å². The fourth-order valence-electron chi connectivity index (χ4n) is 2.57. The number of H-pyrrole nitrogens is 1. The van der Waals surface area contributed by atoms with Crippen LogP contribution in [0, 0.1) is 5.82 Å². The molecule has 20 heavy (non-hydrogen) atoms. The molecule has 1 aromatic carbocycles. The maximum absolute atomic E-state index is 12.9. The first kappa shape index (κ1) is 12.8. The van der Waals surface area contributed by atoms with Crippen molar-refractivity contribution in [2.45, 2.75) is 25.7 Å². The summed E-state index contributed by atoms with van der Waals surface area (Å²) < 4.78 is 12.9. The minimum absolute atomic E-state index is 0.0860. The lowest BCUT2D eigenvalue weighted by Gasteiger charge is -2.15. The third-order valence-corrected chi connectivity index (χ3v) is 3.64. The molecule has 1 aliphatic rings. The van der Waals surface area contributed by atoms with Crippen molar-refractivity contribution in [2.75, 3.05) is 0 Å². The molecule has 0 aliphatic heterocycles. The molecule has 2 aromatic rings. The van der Waals surface area contributed by atoms with Crippen LogP contribution in [0.4, 0.5) is 4.39 Å². The Kier molecular flexibility index (Phi) is 3.22. The monoisotopic (exact) mass is 271 g/mol. The Morgan fingerprint density at radius 2 is 1.85 bits per heavy atom. The minimum Gasteiger partial charge on any atom is -0.325 e. The molecule has 3 nitrogen and oxygen atoms in total. The molecule has 0 unspecified atom stereocenters. The van der Waals surface area contributed by atoms with Gasteiger partial charge in [0.25, 0.3) is 5.56 Å². The summed E-state index contributed by atoms with van der Waals surface area (Å²) >= 11 is 0. The first-order valence-corrected chi connectivity index (χ1v) is 6.66. The van der Waals surface area contributed by atoms with E-state index < -0.39 is 0 Å². The number of hydrogen-bond donors (Lipinski definition) is 1. The van der Waals surface area contributed by atoms with Crippen LogP contribution in [0.5, 0.6) is 0 Å². The predicted octanol–water partition coefficient (Wildman–Crippen LogP) is 2.62. The Morgan fingerprint density at radius 3 is 2.60 bits per heavy atom. The highest BCUT2D eigenvalue weighted by atomic mass is 19.1. The largest absolute Gasteiger partial charge is 0.325 e. The van der Waals surface area contributed by atoms with Crippen LogP contribution >= 0.6 is 0 Å². The number of carbonyl (C=O) groups is 1. The maximum atomic E-state index is 12.9. The Hall–Kier alpha value is -2.23. The van der Waals surface area contributed by atoms with Gasteiger partial charge in [0.2, 0.25) is 0 Å². The van der Waals surface area contributed by atoms with Crippen LogP contribution in [0.3, 0.4) is 0 Å². The molecule has 1 heterocycles. The quantitative estimate of drug-likeness (QED) is 0.912. The topological polar surface area (TPSA) is 49.9 Å². The number of aromatic amines is 1. The number of Topliss-reactive ketones (excluding diaryl/α,β-unsaturated/α-hetero) is 1. The summed E-state index contributed by atoms with van der Waals surface area (Å²) in [6.07, 6.45) is 2.47. The smallest absolute Gasteiger partial charge is 0.251 e. The first-order valence-electron chi connectivity index (χ1n) is 6.66. The van der Waals surface area contributed by atoms with Crippen molar-refractivity contribution >= 4 is 5.78 Å². The summed E-state index contributed by atoms with van der Waals surface area (Å²) in [6, 6.07) is 7.73. The van der Waals surface area contributed by atoms with Crippen molar-refractivity contribution in [3.8, 4) is 0 Å². The van der Waals surface area contributed by atoms with Crippen LogP contribution in [0.1, 0.15) is 40.0 Å². The summed E-state index contributed by atoms with van der Waals surface area (Å²) in [5.41, 5.74) is 2.61. The Bertz CT molecular complexity index is 716. The van der Waals surface area contributed by atoms with E-state index in [-0.39, 0.29) is 17.2 Å². The van der Waals surface area contributed by atoms with Gasteiger partial charge in [0, 0.05) is 29.7 Å². The van der Waals surface area contributed by atoms with Crippen LogP contribution in [0.25, 0.3) is 0 Å². The number of nitrogens with one attached hydrogen (secondary N) is 1. The highest BCUT2D eigenvalue weighted by Gasteiger charge is 2.19. The van der Waals surface area contributed by atoms with Gasteiger partial charge in [-0.05, 0) is 36.6 Å². The van der Waals surface area contributed by atoms with E-state index in [0.717, 1.165) is 24.1 Å². The van der Waals surface area contributed by atoms with E-state index in [1.54, 1.807) is 18.2 Å². The average Bonchev–Trinajstić information content (AvgIpc) is 2.43. The number of pyridine rings is 1. The fourth-order valence-corrected chi connectivity index (χ4v) is 2.57. The van der Waals surface area contributed by atoms with Crippen LogP contribution < -0.4 is 5.56 Å². The number of rotatable bonds is 2. The molecule has 4 heteroatoms. The van der Waals surface area contributed by atoms with Gasteiger partial charge in [-0.3, -0.25) is 9.59 Å². The lowest BCUT2D eigenvalue weighted by molar-refractivity contribution is 0.0971. The van der Waals surface area contributed by atoms with Crippen molar-refractivity contribution < 1.29 is 9.18 Å². The van der Waals surface area contributed by atoms with Gasteiger partial charge in [0.15, 0.2) is 5.78 Å². The standard InChI is InChI=1S/C16H14FNO2/c17-12-6-4-10(5-7-12)8-11-9-13-14(18-16(11)20)2-1-3-15(13)19/h4-7,9H,1-3,8H2,(H,18,20). The molecule has 0 fully saturated rings. The number of aromatic nitrogens is 1. The highest BCUT2D eigenvalue weighted by Crippen LogP contribution is 2.19. The number of benzene rings is 1. The molecule has 0 atom stereocenters. The molecule has 3 rings (SSSR count). The van der Waals surface area contributed by atoms with E-state index in [0.29, 0.717) is 24.0 Å². The Balaban J connectivity index is 1.97. The second-order valence-corrected chi connectivity index (χ2v) is 5.10. The molecule has 102 valence electrons. The molecular weight excluding hydrogens is 257 g/mol. The van der Waals surface area contributed by atoms with Crippen molar-refractivity contribution in [3.63, 3.8) is 0 Å². The molecule has 1 N–H and O–H groups in total. The van der Waals surface area contributed by atoms with Crippen LogP contribution in [-0.4, -0.2) is 10.8 Å². The van der Waals surface area contributed by atoms with Gasteiger partial charge in [-0.1, -0.05) is 12.1 Å². The Labute approximate surface area is 115 Å². The number of fused-ring (bicyclic) bond motifs is 1. The molecule has 0 spiro atoms. The summed E-state index contributed by atoms with van der Waals surface area (Å²) in [5.74, 6) is -0.217. The molecule has 0 saturated heterocycles. The van der Waals surface area contributed by atoms with Gasteiger partial charge in [-0.15, -0.1) is 0 Å². The predicted molar refractivity (Wildman–Crippen MR) is 73.5 cm³/mol. The SMILES string of the molecule is O=C1CCCc2[nH]c(=O)c(Cc3ccc(F)cc3)cc21. The summed E-state index contributed by atoms with van der Waals surface area (Å²) in [4.78, 5) is 26.7. The molecule has 0 amide bonds. The second-order valence-electron chi connectivity index (χ2n) is 5.10. The maximum Gasteiger partial charge on any atom is 0.251 e. The second kappa shape index (κ2) is 5.04. The van der Waals surface area contributed by atoms with Gasteiger partial charge >= 0.3 is 0 Å². The molecule has 0 bridgehead atoms. The first-order chi connectivity index (χ1) is 9.63.